The van der Waals surface area contributed by atoms with Crippen LogP contribution < -0.4 is 10.9 Å². The highest BCUT2D eigenvalue weighted by atomic mass is 32.1. The average Bonchev–Trinajstić information content (AvgIpc) is 2.88. The highest BCUT2D eigenvalue weighted by molar-refractivity contribution is 7.20. The topological polar surface area (TPSA) is 67.2 Å². The lowest BCUT2D eigenvalue weighted by Crippen LogP contribution is -2.44. The van der Waals surface area contributed by atoms with Gasteiger partial charge in [0.2, 0.25) is 0 Å². The van der Waals surface area contributed by atoms with Gasteiger partial charge in [-0.25, -0.2) is 4.98 Å². The SMILES string of the molecule is Cc1c(C(=O)NCCCN2C(C)CCCC2C)sc2nc3n(c(=O)c12)CCCCC3. The van der Waals surface area contributed by atoms with Crippen LogP contribution in [0.4, 0.5) is 0 Å². The number of aromatic nitrogens is 2. The number of nitrogens with zero attached hydrogens (tertiary/aromatic N) is 3. The maximum atomic E-state index is 13.1. The summed E-state index contributed by atoms with van der Waals surface area (Å²) in [6, 6.07) is 1.26. The Morgan fingerprint density at radius 1 is 1.17 bits per heavy atom. The Kier molecular flexibility index (Phi) is 6.58. The first-order valence-electron chi connectivity index (χ1n) is 11.5. The van der Waals surface area contributed by atoms with Crippen molar-refractivity contribution in [2.24, 2.45) is 0 Å². The van der Waals surface area contributed by atoms with Crippen molar-refractivity contribution < 1.29 is 4.79 Å². The summed E-state index contributed by atoms with van der Waals surface area (Å²) in [5.74, 6) is 0.804. The first kappa shape index (κ1) is 21.5. The molecule has 0 saturated carbocycles. The second kappa shape index (κ2) is 9.18. The van der Waals surface area contributed by atoms with Crippen molar-refractivity contribution in [3.8, 4) is 0 Å². The molecule has 0 bridgehead atoms. The van der Waals surface area contributed by atoms with Crippen molar-refractivity contribution in [3.63, 3.8) is 0 Å². The van der Waals surface area contributed by atoms with Gasteiger partial charge < -0.3 is 5.32 Å². The Bertz CT molecular complexity index is 970. The van der Waals surface area contributed by atoms with E-state index in [4.69, 9.17) is 4.98 Å². The predicted molar refractivity (Wildman–Crippen MR) is 123 cm³/mol. The van der Waals surface area contributed by atoms with Crippen molar-refractivity contribution >= 4 is 27.5 Å². The van der Waals surface area contributed by atoms with Gasteiger partial charge in [-0.3, -0.25) is 19.1 Å². The smallest absolute Gasteiger partial charge is 0.262 e. The predicted octanol–water partition coefficient (Wildman–Crippen LogP) is 3.88. The molecule has 2 aliphatic rings. The summed E-state index contributed by atoms with van der Waals surface area (Å²) >= 11 is 1.37. The summed E-state index contributed by atoms with van der Waals surface area (Å²) in [4.78, 5) is 34.6. The molecule has 1 amide bonds. The van der Waals surface area contributed by atoms with E-state index in [1.165, 1.54) is 30.6 Å². The fraction of sp³-hybridized carbons (Fsp3) is 0.696. The number of likely N-dealkylation sites (tertiary alicyclic amines) is 1. The van der Waals surface area contributed by atoms with Crippen LogP contribution in [0.1, 0.15) is 79.9 Å². The van der Waals surface area contributed by atoms with E-state index < -0.39 is 0 Å². The van der Waals surface area contributed by atoms with Gasteiger partial charge in [0.1, 0.15) is 10.7 Å². The number of piperidine rings is 1. The van der Waals surface area contributed by atoms with Crippen molar-refractivity contribution in [1.82, 2.24) is 19.8 Å². The minimum Gasteiger partial charge on any atom is -0.351 e. The molecular weight excluding hydrogens is 396 g/mol. The molecule has 1 fully saturated rings. The molecule has 0 spiro atoms. The van der Waals surface area contributed by atoms with Crippen LogP contribution in [0.5, 0.6) is 0 Å². The summed E-state index contributed by atoms with van der Waals surface area (Å²) in [7, 11) is 0. The molecule has 6 nitrogen and oxygen atoms in total. The van der Waals surface area contributed by atoms with Crippen LogP contribution >= 0.6 is 11.3 Å². The average molecular weight is 431 g/mol. The molecule has 4 rings (SSSR count). The van der Waals surface area contributed by atoms with E-state index in [1.807, 2.05) is 11.5 Å². The van der Waals surface area contributed by atoms with Gasteiger partial charge >= 0.3 is 0 Å². The zero-order chi connectivity index (χ0) is 21.3. The van der Waals surface area contributed by atoms with Gasteiger partial charge in [-0.1, -0.05) is 12.8 Å². The van der Waals surface area contributed by atoms with E-state index in [-0.39, 0.29) is 11.5 Å². The molecule has 1 N–H and O–H groups in total. The van der Waals surface area contributed by atoms with Crippen LogP contribution in [0.15, 0.2) is 4.79 Å². The quantitative estimate of drug-likeness (QED) is 0.731. The van der Waals surface area contributed by atoms with E-state index in [2.05, 4.69) is 24.1 Å². The monoisotopic (exact) mass is 430 g/mol. The molecule has 0 aromatic carbocycles. The van der Waals surface area contributed by atoms with E-state index in [0.717, 1.165) is 56.6 Å². The minimum absolute atomic E-state index is 0.0257. The second-order valence-electron chi connectivity index (χ2n) is 9.01. The molecule has 2 aliphatic heterocycles. The summed E-state index contributed by atoms with van der Waals surface area (Å²) in [5, 5.41) is 3.71. The molecule has 30 heavy (non-hydrogen) atoms. The van der Waals surface area contributed by atoms with Crippen molar-refractivity contribution in [2.75, 3.05) is 13.1 Å². The lowest BCUT2D eigenvalue weighted by Gasteiger charge is -2.39. The Morgan fingerprint density at radius 3 is 2.70 bits per heavy atom. The molecular formula is C23H34N4O2S. The zero-order valence-corrected chi connectivity index (χ0v) is 19.3. The molecule has 0 radical (unpaired) electrons. The van der Waals surface area contributed by atoms with Gasteiger partial charge in [0.15, 0.2) is 0 Å². The van der Waals surface area contributed by atoms with E-state index in [9.17, 15) is 9.59 Å². The standard InChI is InChI=1S/C23H34N4O2S/c1-15-9-7-10-16(2)26(15)14-8-12-24-21(28)20-17(3)19-22(30-20)25-18-11-5-4-6-13-27(18)23(19)29/h15-16H,4-14H2,1-3H3,(H,24,28). The van der Waals surface area contributed by atoms with Crippen molar-refractivity contribution in [2.45, 2.75) is 90.8 Å². The molecule has 4 heterocycles. The molecule has 2 unspecified atom stereocenters. The van der Waals surface area contributed by atoms with Crippen molar-refractivity contribution in [3.05, 3.63) is 26.6 Å². The Hall–Kier alpha value is -1.73. The van der Waals surface area contributed by atoms with Crippen LogP contribution in [0, 0.1) is 6.92 Å². The Morgan fingerprint density at radius 2 is 1.93 bits per heavy atom. The fourth-order valence-electron chi connectivity index (χ4n) is 5.09. The van der Waals surface area contributed by atoms with Gasteiger partial charge in [0.25, 0.3) is 11.5 Å². The Labute approximate surface area is 182 Å². The summed E-state index contributed by atoms with van der Waals surface area (Å²) < 4.78 is 1.83. The summed E-state index contributed by atoms with van der Waals surface area (Å²) in [5.41, 5.74) is 0.806. The number of nitrogens with one attached hydrogen (secondary N) is 1. The van der Waals surface area contributed by atoms with E-state index in [0.29, 0.717) is 33.7 Å². The maximum absolute atomic E-state index is 13.1. The molecule has 0 aliphatic carbocycles. The van der Waals surface area contributed by atoms with Gasteiger partial charge in [-0.2, -0.15) is 0 Å². The molecule has 1 saturated heterocycles. The van der Waals surface area contributed by atoms with Gasteiger partial charge in [-0.15, -0.1) is 11.3 Å². The highest BCUT2D eigenvalue weighted by Gasteiger charge is 2.25. The third-order valence-corrected chi connectivity index (χ3v) is 8.06. The third-order valence-electron chi connectivity index (χ3n) is 6.87. The Balaban J connectivity index is 1.44. The van der Waals surface area contributed by atoms with Gasteiger partial charge in [0, 0.05) is 38.1 Å². The number of fused-ring (bicyclic) bond motifs is 2. The van der Waals surface area contributed by atoms with Crippen LogP contribution in [0.3, 0.4) is 0 Å². The van der Waals surface area contributed by atoms with Crippen molar-refractivity contribution in [1.29, 1.82) is 0 Å². The normalized spacial score (nSPS) is 22.6. The molecule has 2 aromatic rings. The largest absolute Gasteiger partial charge is 0.351 e. The van der Waals surface area contributed by atoms with Gasteiger partial charge in [0.05, 0.1) is 10.3 Å². The molecule has 2 atom stereocenters. The number of aryl methyl sites for hydroxylation is 2. The minimum atomic E-state index is -0.0742. The number of amides is 1. The van der Waals surface area contributed by atoms with Crippen LogP contribution in [-0.2, 0) is 13.0 Å². The lowest BCUT2D eigenvalue weighted by molar-refractivity contribution is 0.0928. The number of thiophene rings is 1. The number of hydrogen-bond donors (Lipinski definition) is 1. The zero-order valence-electron chi connectivity index (χ0n) is 18.5. The second-order valence-corrected chi connectivity index (χ2v) is 10.0. The number of carbonyl (C=O) groups is 1. The van der Waals surface area contributed by atoms with Crippen LogP contribution in [-0.4, -0.2) is 45.5 Å². The van der Waals surface area contributed by atoms with Crippen LogP contribution in [0.25, 0.3) is 10.2 Å². The van der Waals surface area contributed by atoms with E-state index >= 15 is 0 Å². The van der Waals surface area contributed by atoms with Gasteiger partial charge in [-0.05, 0) is 58.4 Å². The summed E-state index contributed by atoms with van der Waals surface area (Å²) in [6.45, 7) is 8.91. The fourth-order valence-corrected chi connectivity index (χ4v) is 6.19. The number of hydrogen-bond acceptors (Lipinski definition) is 5. The number of carbonyl (C=O) groups excluding carboxylic acids is 1. The first-order valence-corrected chi connectivity index (χ1v) is 12.4. The summed E-state index contributed by atoms with van der Waals surface area (Å²) in [6.07, 6.45) is 8.87. The number of rotatable bonds is 5. The maximum Gasteiger partial charge on any atom is 0.262 e. The van der Waals surface area contributed by atoms with Crippen LogP contribution in [0.2, 0.25) is 0 Å². The van der Waals surface area contributed by atoms with E-state index in [1.54, 1.807) is 0 Å². The molecule has 2 aromatic heterocycles. The molecule has 164 valence electrons. The first-order chi connectivity index (χ1) is 14.5. The lowest BCUT2D eigenvalue weighted by atomic mass is 9.97. The third kappa shape index (κ3) is 4.19. The molecule has 7 heteroatoms. The highest BCUT2D eigenvalue weighted by Crippen LogP contribution is 2.28.